The van der Waals surface area contributed by atoms with Crippen molar-refractivity contribution in [1.82, 2.24) is 10.5 Å². The van der Waals surface area contributed by atoms with Gasteiger partial charge in [0, 0.05) is 24.2 Å². The van der Waals surface area contributed by atoms with Gasteiger partial charge < -0.3 is 9.84 Å². The summed E-state index contributed by atoms with van der Waals surface area (Å²) in [4.78, 5) is 9.83. The molecule has 2 aromatic rings. The lowest BCUT2D eigenvalue weighted by molar-refractivity contribution is -0.387. The maximum absolute atomic E-state index is 13.5. The van der Waals surface area contributed by atoms with Gasteiger partial charge in [-0.1, -0.05) is 11.2 Å². The number of aromatic nitrogens is 1. The first-order valence-electron chi connectivity index (χ1n) is 6.49. The van der Waals surface area contributed by atoms with E-state index in [0.717, 1.165) is 17.0 Å². The Morgan fingerprint density at radius 2 is 2.19 bits per heavy atom. The van der Waals surface area contributed by atoms with Crippen LogP contribution in [0.25, 0.3) is 0 Å². The second-order valence-corrected chi connectivity index (χ2v) is 4.88. The minimum absolute atomic E-state index is 0.0190. The van der Waals surface area contributed by atoms with Gasteiger partial charge >= 0.3 is 5.69 Å². The predicted molar refractivity (Wildman–Crippen MR) is 74.3 cm³/mol. The number of rotatable bonds is 5. The van der Waals surface area contributed by atoms with Crippen molar-refractivity contribution in [3.05, 3.63) is 56.7 Å². The molecule has 0 saturated heterocycles. The standard InChI is InChI=1S/C14H16FN3O3/c1-8(14-9(2)17-21-10(14)3)16-7-11-4-5-13(18(19)20)12(15)6-11/h4-6,8,16H,7H2,1-3H3. The van der Waals surface area contributed by atoms with Gasteiger partial charge in [0.25, 0.3) is 0 Å². The molecule has 0 aliphatic carbocycles. The first-order valence-corrected chi connectivity index (χ1v) is 6.49. The van der Waals surface area contributed by atoms with Crippen molar-refractivity contribution in [3.63, 3.8) is 0 Å². The fourth-order valence-electron chi connectivity index (χ4n) is 2.29. The number of nitro groups is 1. The average molecular weight is 293 g/mol. The molecule has 0 fully saturated rings. The molecule has 2 rings (SSSR count). The van der Waals surface area contributed by atoms with Gasteiger partial charge in [-0.15, -0.1) is 0 Å². The van der Waals surface area contributed by atoms with Crippen molar-refractivity contribution >= 4 is 5.69 Å². The van der Waals surface area contributed by atoms with Gasteiger partial charge in [0.2, 0.25) is 5.82 Å². The zero-order chi connectivity index (χ0) is 15.6. The van der Waals surface area contributed by atoms with Gasteiger partial charge in [-0.3, -0.25) is 10.1 Å². The van der Waals surface area contributed by atoms with Gasteiger partial charge in [-0.2, -0.15) is 4.39 Å². The smallest absolute Gasteiger partial charge is 0.304 e. The molecule has 0 aliphatic heterocycles. The molecule has 0 radical (unpaired) electrons. The van der Waals surface area contributed by atoms with Crippen molar-refractivity contribution in [2.75, 3.05) is 0 Å². The summed E-state index contributed by atoms with van der Waals surface area (Å²) in [6, 6.07) is 3.86. The molecule has 1 N–H and O–H groups in total. The van der Waals surface area contributed by atoms with Crippen LogP contribution in [0.5, 0.6) is 0 Å². The number of nitrogens with zero attached hydrogens (tertiary/aromatic N) is 2. The summed E-state index contributed by atoms with van der Waals surface area (Å²) in [5.74, 6) is -0.0910. The molecule has 21 heavy (non-hydrogen) atoms. The molecule has 0 bridgehead atoms. The fourth-order valence-corrected chi connectivity index (χ4v) is 2.29. The van der Waals surface area contributed by atoms with Crippen molar-refractivity contribution in [2.45, 2.75) is 33.4 Å². The minimum atomic E-state index is -0.829. The lowest BCUT2D eigenvalue weighted by Crippen LogP contribution is -2.19. The Hall–Kier alpha value is -2.28. The van der Waals surface area contributed by atoms with E-state index in [2.05, 4.69) is 10.5 Å². The van der Waals surface area contributed by atoms with Crippen LogP contribution in [0.1, 0.15) is 35.5 Å². The molecule has 0 spiro atoms. The lowest BCUT2D eigenvalue weighted by Gasteiger charge is -2.13. The number of halogens is 1. The van der Waals surface area contributed by atoms with E-state index in [4.69, 9.17) is 4.52 Å². The zero-order valence-electron chi connectivity index (χ0n) is 12.0. The molecule has 1 heterocycles. The van der Waals surface area contributed by atoms with Crippen LogP contribution in [0, 0.1) is 29.8 Å². The SMILES string of the molecule is Cc1noc(C)c1C(C)NCc1ccc([N+](=O)[O-])c(F)c1. The summed E-state index contributed by atoms with van der Waals surface area (Å²) in [7, 11) is 0. The Morgan fingerprint density at radius 1 is 1.48 bits per heavy atom. The van der Waals surface area contributed by atoms with Crippen LogP contribution in [0.4, 0.5) is 10.1 Å². The molecule has 1 unspecified atom stereocenters. The van der Waals surface area contributed by atoms with Gasteiger partial charge in [0.1, 0.15) is 5.76 Å². The largest absolute Gasteiger partial charge is 0.361 e. The number of hydrogen-bond donors (Lipinski definition) is 1. The Morgan fingerprint density at radius 3 is 2.71 bits per heavy atom. The highest BCUT2D eigenvalue weighted by atomic mass is 19.1. The fraction of sp³-hybridized carbons (Fsp3) is 0.357. The molecule has 7 heteroatoms. The summed E-state index contributed by atoms with van der Waals surface area (Å²) in [6.07, 6.45) is 0. The summed E-state index contributed by atoms with van der Waals surface area (Å²) in [6.45, 7) is 6.03. The van der Waals surface area contributed by atoms with E-state index in [1.54, 1.807) is 0 Å². The predicted octanol–water partition coefficient (Wildman–Crippen LogP) is 3.19. The number of nitro benzene ring substituents is 1. The number of nitrogens with one attached hydrogen (secondary N) is 1. The highest BCUT2D eigenvalue weighted by molar-refractivity contribution is 5.35. The monoisotopic (exact) mass is 293 g/mol. The van der Waals surface area contributed by atoms with E-state index in [-0.39, 0.29) is 6.04 Å². The first-order chi connectivity index (χ1) is 9.90. The molecule has 112 valence electrons. The molecular formula is C14H16FN3O3. The normalized spacial score (nSPS) is 12.4. The van der Waals surface area contributed by atoms with Gasteiger partial charge in [0.15, 0.2) is 0 Å². The van der Waals surface area contributed by atoms with Crippen LogP contribution < -0.4 is 5.32 Å². The molecule has 1 aromatic heterocycles. The third kappa shape index (κ3) is 3.25. The van der Waals surface area contributed by atoms with Crippen LogP contribution in [0.15, 0.2) is 22.7 Å². The van der Waals surface area contributed by atoms with Crippen LogP contribution in [0.3, 0.4) is 0 Å². The Kier molecular flexibility index (Phi) is 4.32. The highest BCUT2D eigenvalue weighted by Gasteiger charge is 2.17. The van der Waals surface area contributed by atoms with Crippen molar-refractivity contribution in [3.8, 4) is 0 Å². The third-order valence-corrected chi connectivity index (χ3v) is 3.34. The lowest BCUT2D eigenvalue weighted by atomic mass is 10.1. The molecule has 6 nitrogen and oxygen atoms in total. The summed E-state index contributed by atoms with van der Waals surface area (Å²) in [5.41, 5.74) is 1.90. The zero-order valence-corrected chi connectivity index (χ0v) is 12.0. The van der Waals surface area contributed by atoms with E-state index in [0.29, 0.717) is 12.1 Å². The van der Waals surface area contributed by atoms with Crippen molar-refractivity contribution < 1.29 is 13.8 Å². The Balaban J connectivity index is 2.06. The molecule has 0 aliphatic rings. The third-order valence-electron chi connectivity index (χ3n) is 3.34. The molecule has 1 aromatic carbocycles. The summed E-state index contributed by atoms with van der Waals surface area (Å²) in [5, 5.41) is 17.7. The highest BCUT2D eigenvalue weighted by Crippen LogP contribution is 2.22. The van der Waals surface area contributed by atoms with Gasteiger partial charge in [-0.25, -0.2) is 0 Å². The van der Waals surface area contributed by atoms with Crippen molar-refractivity contribution in [1.29, 1.82) is 0 Å². The van der Waals surface area contributed by atoms with Gasteiger partial charge in [-0.05, 0) is 32.4 Å². The van der Waals surface area contributed by atoms with Crippen LogP contribution >= 0.6 is 0 Å². The molecular weight excluding hydrogens is 277 g/mol. The maximum Gasteiger partial charge on any atom is 0.304 e. The second-order valence-electron chi connectivity index (χ2n) is 4.88. The van der Waals surface area contributed by atoms with E-state index in [1.165, 1.54) is 18.2 Å². The van der Waals surface area contributed by atoms with Crippen LogP contribution in [-0.4, -0.2) is 10.1 Å². The minimum Gasteiger partial charge on any atom is -0.361 e. The quantitative estimate of drug-likeness (QED) is 0.676. The maximum atomic E-state index is 13.5. The summed E-state index contributed by atoms with van der Waals surface area (Å²) < 4.78 is 18.6. The number of aryl methyl sites for hydroxylation is 2. The molecule has 0 saturated carbocycles. The van der Waals surface area contributed by atoms with E-state index in [1.807, 2.05) is 20.8 Å². The Labute approximate surface area is 121 Å². The van der Waals surface area contributed by atoms with Gasteiger partial charge in [0.05, 0.1) is 10.6 Å². The molecule has 0 amide bonds. The topological polar surface area (TPSA) is 81.2 Å². The Bertz CT molecular complexity index is 650. The average Bonchev–Trinajstić information content (AvgIpc) is 2.75. The first kappa shape index (κ1) is 15.1. The van der Waals surface area contributed by atoms with Crippen LogP contribution in [0.2, 0.25) is 0 Å². The summed E-state index contributed by atoms with van der Waals surface area (Å²) >= 11 is 0. The van der Waals surface area contributed by atoms with E-state index in [9.17, 15) is 14.5 Å². The number of benzene rings is 1. The van der Waals surface area contributed by atoms with E-state index >= 15 is 0 Å². The van der Waals surface area contributed by atoms with E-state index < -0.39 is 16.4 Å². The number of hydrogen-bond acceptors (Lipinski definition) is 5. The van der Waals surface area contributed by atoms with Crippen LogP contribution in [-0.2, 0) is 6.54 Å². The second kappa shape index (κ2) is 6.01. The molecule has 1 atom stereocenters. The van der Waals surface area contributed by atoms with Crippen molar-refractivity contribution in [2.24, 2.45) is 0 Å².